The predicted octanol–water partition coefficient (Wildman–Crippen LogP) is 2.84. The van der Waals surface area contributed by atoms with Crippen molar-refractivity contribution in [3.05, 3.63) is 28.7 Å². The topological polar surface area (TPSA) is 33.1 Å². The Labute approximate surface area is 83.0 Å². The van der Waals surface area contributed by atoms with Crippen LogP contribution in [-0.4, -0.2) is 10.1 Å². The number of hydrogen-bond donors (Lipinski definition) is 1. The molecule has 0 amide bonds. The number of aliphatic hydroxyl groups is 1. The molecule has 0 aliphatic rings. The van der Waals surface area contributed by atoms with Crippen molar-refractivity contribution in [3.8, 4) is 0 Å². The highest BCUT2D eigenvalue weighted by Crippen LogP contribution is 2.25. The largest absolute Gasteiger partial charge is 0.388 e. The van der Waals surface area contributed by atoms with Gasteiger partial charge in [-0.3, -0.25) is 0 Å². The van der Waals surface area contributed by atoms with Crippen molar-refractivity contribution in [2.24, 2.45) is 0 Å². The number of thiazole rings is 1. The van der Waals surface area contributed by atoms with E-state index < -0.39 is 0 Å². The van der Waals surface area contributed by atoms with Gasteiger partial charge >= 0.3 is 0 Å². The van der Waals surface area contributed by atoms with Crippen LogP contribution in [0.4, 0.5) is 0 Å². The number of aromatic nitrogens is 1. The first-order chi connectivity index (χ1) is 6.25. The van der Waals surface area contributed by atoms with Crippen molar-refractivity contribution in [1.82, 2.24) is 4.98 Å². The zero-order valence-corrected chi connectivity index (χ0v) is 8.68. The molecule has 0 aromatic carbocycles. The minimum absolute atomic E-state index is 0.340. The molecular weight excluding hydrogens is 182 g/mol. The molecule has 0 saturated carbocycles. The van der Waals surface area contributed by atoms with Gasteiger partial charge in [-0.15, -0.1) is 17.9 Å². The van der Waals surface area contributed by atoms with Crippen LogP contribution >= 0.6 is 11.3 Å². The van der Waals surface area contributed by atoms with Crippen LogP contribution in [0.3, 0.4) is 0 Å². The van der Waals surface area contributed by atoms with Crippen LogP contribution in [0.25, 0.3) is 0 Å². The third-order valence-corrected chi connectivity index (χ3v) is 3.00. The zero-order valence-electron chi connectivity index (χ0n) is 7.86. The first-order valence-corrected chi connectivity index (χ1v) is 5.32. The average Bonchev–Trinajstić information content (AvgIpc) is 2.52. The molecule has 0 saturated heterocycles. The van der Waals surface area contributed by atoms with Crippen molar-refractivity contribution in [3.63, 3.8) is 0 Å². The van der Waals surface area contributed by atoms with E-state index in [0.717, 1.165) is 29.8 Å². The SMILES string of the molecule is C=CCCCC(O)c1scnc1C. The van der Waals surface area contributed by atoms with Crippen LogP contribution in [0.2, 0.25) is 0 Å². The van der Waals surface area contributed by atoms with Gasteiger partial charge in [-0.1, -0.05) is 6.08 Å². The molecule has 1 N–H and O–H groups in total. The summed E-state index contributed by atoms with van der Waals surface area (Å²) in [6.45, 7) is 5.58. The number of aryl methyl sites for hydroxylation is 1. The second-order valence-electron chi connectivity index (χ2n) is 3.04. The Hall–Kier alpha value is -0.670. The van der Waals surface area contributed by atoms with Crippen molar-refractivity contribution < 1.29 is 5.11 Å². The fraction of sp³-hybridized carbons (Fsp3) is 0.500. The molecule has 0 aliphatic heterocycles. The molecule has 1 unspecified atom stereocenters. The summed E-state index contributed by atoms with van der Waals surface area (Å²) < 4.78 is 0. The van der Waals surface area contributed by atoms with E-state index in [0.29, 0.717) is 0 Å². The number of aliphatic hydroxyl groups excluding tert-OH is 1. The maximum atomic E-state index is 9.75. The number of hydrogen-bond acceptors (Lipinski definition) is 3. The Morgan fingerprint density at radius 1 is 1.77 bits per heavy atom. The first-order valence-electron chi connectivity index (χ1n) is 4.44. The summed E-state index contributed by atoms with van der Waals surface area (Å²) >= 11 is 1.53. The minimum atomic E-state index is -0.340. The summed E-state index contributed by atoms with van der Waals surface area (Å²) in [5.74, 6) is 0. The summed E-state index contributed by atoms with van der Waals surface area (Å²) in [4.78, 5) is 5.11. The van der Waals surface area contributed by atoms with Gasteiger partial charge in [-0.05, 0) is 26.2 Å². The Kier molecular flexibility index (Phi) is 4.12. The summed E-state index contributed by atoms with van der Waals surface area (Å²) in [5, 5.41) is 9.75. The van der Waals surface area contributed by atoms with E-state index in [1.54, 1.807) is 5.51 Å². The number of nitrogens with zero attached hydrogens (tertiary/aromatic N) is 1. The van der Waals surface area contributed by atoms with Gasteiger partial charge in [0, 0.05) is 0 Å². The van der Waals surface area contributed by atoms with Crippen LogP contribution in [-0.2, 0) is 0 Å². The number of allylic oxidation sites excluding steroid dienone is 1. The molecule has 1 rings (SSSR count). The average molecular weight is 197 g/mol. The van der Waals surface area contributed by atoms with E-state index in [1.807, 2.05) is 13.0 Å². The number of unbranched alkanes of at least 4 members (excludes halogenated alkanes) is 1. The molecule has 0 fully saturated rings. The van der Waals surface area contributed by atoms with E-state index in [9.17, 15) is 5.11 Å². The van der Waals surface area contributed by atoms with Gasteiger partial charge in [-0.25, -0.2) is 4.98 Å². The molecule has 13 heavy (non-hydrogen) atoms. The molecule has 1 aromatic rings. The van der Waals surface area contributed by atoms with E-state index in [1.165, 1.54) is 11.3 Å². The quantitative estimate of drug-likeness (QED) is 0.581. The smallest absolute Gasteiger partial charge is 0.0900 e. The monoisotopic (exact) mass is 197 g/mol. The summed E-state index contributed by atoms with van der Waals surface area (Å²) in [5.41, 5.74) is 2.73. The number of rotatable bonds is 5. The zero-order chi connectivity index (χ0) is 9.68. The van der Waals surface area contributed by atoms with Gasteiger partial charge < -0.3 is 5.11 Å². The van der Waals surface area contributed by atoms with E-state index >= 15 is 0 Å². The lowest BCUT2D eigenvalue weighted by Gasteiger charge is -2.07. The fourth-order valence-electron chi connectivity index (χ4n) is 1.22. The Balaban J connectivity index is 2.44. The second kappa shape index (κ2) is 5.14. The van der Waals surface area contributed by atoms with Gasteiger partial charge in [0.05, 0.1) is 22.2 Å². The summed E-state index contributed by atoms with van der Waals surface area (Å²) in [7, 11) is 0. The van der Waals surface area contributed by atoms with Crippen LogP contribution in [0.5, 0.6) is 0 Å². The second-order valence-corrected chi connectivity index (χ2v) is 3.92. The van der Waals surface area contributed by atoms with Crippen molar-refractivity contribution in [2.75, 3.05) is 0 Å². The lowest BCUT2D eigenvalue weighted by molar-refractivity contribution is 0.168. The van der Waals surface area contributed by atoms with Crippen molar-refractivity contribution >= 4 is 11.3 Å². The summed E-state index contributed by atoms with van der Waals surface area (Å²) in [6, 6.07) is 0. The standard InChI is InChI=1S/C10H15NOS/c1-3-4-5-6-9(12)10-8(2)11-7-13-10/h3,7,9,12H,1,4-6H2,2H3. The molecule has 0 radical (unpaired) electrons. The molecule has 0 bridgehead atoms. The van der Waals surface area contributed by atoms with Crippen molar-refractivity contribution in [2.45, 2.75) is 32.3 Å². The van der Waals surface area contributed by atoms with Gasteiger partial charge in [0.25, 0.3) is 0 Å². The van der Waals surface area contributed by atoms with Crippen LogP contribution in [0.15, 0.2) is 18.2 Å². The van der Waals surface area contributed by atoms with Crippen LogP contribution in [0, 0.1) is 6.92 Å². The maximum Gasteiger partial charge on any atom is 0.0900 e. The Morgan fingerprint density at radius 2 is 2.54 bits per heavy atom. The van der Waals surface area contributed by atoms with Crippen LogP contribution in [0.1, 0.15) is 35.9 Å². The molecule has 72 valence electrons. The molecule has 2 nitrogen and oxygen atoms in total. The maximum absolute atomic E-state index is 9.75. The van der Waals surface area contributed by atoms with Crippen LogP contribution < -0.4 is 0 Å². The molecule has 0 aliphatic carbocycles. The fourth-order valence-corrected chi connectivity index (χ4v) is 2.04. The third kappa shape index (κ3) is 2.94. The van der Waals surface area contributed by atoms with E-state index in [4.69, 9.17) is 0 Å². The van der Waals surface area contributed by atoms with Gasteiger partial charge in [0.15, 0.2) is 0 Å². The lowest BCUT2D eigenvalue weighted by atomic mass is 10.1. The highest BCUT2D eigenvalue weighted by atomic mass is 32.1. The highest BCUT2D eigenvalue weighted by molar-refractivity contribution is 7.09. The Bertz CT molecular complexity index is 270. The lowest BCUT2D eigenvalue weighted by Crippen LogP contribution is -1.96. The molecular formula is C10H15NOS. The molecule has 3 heteroatoms. The minimum Gasteiger partial charge on any atom is -0.388 e. The highest BCUT2D eigenvalue weighted by Gasteiger charge is 2.11. The molecule has 1 heterocycles. The van der Waals surface area contributed by atoms with Gasteiger partial charge in [0.1, 0.15) is 0 Å². The third-order valence-electron chi connectivity index (χ3n) is 1.97. The summed E-state index contributed by atoms with van der Waals surface area (Å²) in [6.07, 6.45) is 4.30. The normalized spacial score (nSPS) is 12.8. The molecule has 1 atom stereocenters. The van der Waals surface area contributed by atoms with Crippen molar-refractivity contribution in [1.29, 1.82) is 0 Å². The van der Waals surface area contributed by atoms with Gasteiger partial charge in [0.2, 0.25) is 0 Å². The predicted molar refractivity (Wildman–Crippen MR) is 55.9 cm³/mol. The first kappa shape index (κ1) is 10.4. The molecule has 0 spiro atoms. The van der Waals surface area contributed by atoms with E-state index in [-0.39, 0.29) is 6.10 Å². The Morgan fingerprint density at radius 3 is 3.08 bits per heavy atom. The molecule has 1 aromatic heterocycles. The van der Waals surface area contributed by atoms with Gasteiger partial charge in [-0.2, -0.15) is 0 Å². The van der Waals surface area contributed by atoms with E-state index in [2.05, 4.69) is 11.6 Å².